The number of ether oxygens (including phenoxy) is 1. The lowest BCUT2D eigenvalue weighted by molar-refractivity contribution is -0.385. The van der Waals surface area contributed by atoms with Crippen molar-refractivity contribution in [2.24, 2.45) is 0 Å². The van der Waals surface area contributed by atoms with E-state index < -0.39 is 10.9 Å². The molecule has 0 aliphatic rings. The summed E-state index contributed by atoms with van der Waals surface area (Å²) in [4.78, 5) is 21.3. The highest BCUT2D eigenvalue weighted by Crippen LogP contribution is 2.21. The highest BCUT2D eigenvalue weighted by Gasteiger charge is 2.21. The highest BCUT2D eigenvalue weighted by molar-refractivity contribution is 6.00. The van der Waals surface area contributed by atoms with Gasteiger partial charge in [-0.2, -0.15) is 0 Å². The number of nitro benzene ring substituents is 1. The monoisotopic (exact) mass is 222 g/mol. The van der Waals surface area contributed by atoms with Crippen molar-refractivity contribution in [3.63, 3.8) is 0 Å². The van der Waals surface area contributed by atoms with Crippen molar-refractivity contribution in [3.05, 3.63) is 39.4 Å². The molecule has 0 heterocycles. The van der Waals surface area contributed by atoms with Crippen molar-refractivity contribution in [1.29, 1.82) is 5.41 Å². The molecule has 16 heavy (non-hydrogen) atoms. The van der Waals surface area contributed by atoms with E-state index in [1.807, 2.05) is 0 Å². The summed E-state index contributed by atoms with van der Waals surface area (Å²) in [5.41, 5.74) is 0.132. The molecule has 0 aliphatic heterocycles. The van der Waals surface area contributed by atoms with Crippen LogP contribution in [0.25, 0.3) is 0 Å². The molecule has 1 N–H and O–H groups in total. The maximum atomic E-state index is 11.2. The van der Waals surface area contributed by atoms with Gasteiger partial charge in [-0.15, -0.1) is 0 Å². The third kappa shape index (κ3) is 2.22. The maximum Gasteiger partial charge on any atom is 0.344 e. The van der Waals surface area contributed by atoms with Crippen LogP contribution in [-0.2, 0) is 4.74 Å². The summed E-state index contributed by atoms with van der Waals surface area (Å²) < 4.78 is 4.43. The number of hydrogen-bond acceptors (Lipinski definition) is 5. The molecule has 0 bridgehead atoms. The van der Waals surface area contributed by atoms with Gasteiger partial charge in [-0.25, -0.2) is 4.79 Å². The van der Waals surface area contributed by atoms with Crippen molar-refractivity contribution in [2.75, 3.05) is 7.11 Å². The number of esters is 1. The van der Waals surface area contributed by atoms with Gasteiger partial charge in [0.2, 0.25) is 0 Å². The number of nitro groups is 1. The zero-order valence-corrected chi connectivity index (χ0v) is 8.81. The van der Waals surface area contributed by atoms with Gasteiger partial charge in [-0.1, -0.05) is 6.07 Å². The lowest BCUT2D eigenvalue weighted by atomic mass is 10.1. The third-order valence-corrected chi connectivity index (χ3v) is 2.03. The molecule has 0 atom stereocenters. The Morgan fingerprint density at radius 2 is 2.12 bits per heavy atom. The van der Waals surface area contributed by atoms with E-state index in [4.69, 9.17) is 5.41 Å². The van der Waals surface area contributed by atoms with Gasteiger partial charge < -0.3 is 10.1 Å². The van der Waals surface area contributed by atoms with Crippen molar-refractivity contribution in [1.82, 2.24) is 0 Å². The molecule has 0 radical (unpaired) electrons. The molecular weight excluding hydrogens is 212 g/mol. The van der Waals surface area contributed by atoms with E-state index in [2.05, 4.69) is 4.74 Å². The number of benzene rings is 1. The van der Waals surface area contributed by atoms with Crippen molar-refractivity contribution in [3.8, 4) is 0 Å². The fourth-order valence-corrected chi connectivity index (χ4v) is 1.20. The Bertz CT molecular complexity index is 468. The number of carbonyl (C=O) groups is 1. The summed E-state index contributed by atoms with van der Waals surface area (Å²) in [5.74, 6) is -0.763. The van der Waals surface area contributed by atoms with Gasteiger partial charge in [0.15, 0.2) is 0 Å². The Kier molecular flexibility index (Phi) is 3.34. The van der Waals surface area contributed by atoms with E-state index in [1.54, 1.807) is 0 Å². The molecule has 6 heteroatoms. The lowest BCUT2D eigenvalue weighted by Crippen LogP contribution is -2.07. The Morgan fingerprint density at radius 3 is 2.56 bits per heavy atom. The highest BCUT2D eigenvalue weighted by atomic mass is 16.6. The molecule has 0 unspecified atom stereocenters. The van der Waals surface area contributed by atoms with Gasteiger partial charge in [-0.3, -0.25) is 10.1 Å². The first-order valence-electron chi connectivity index (χ1n) is 4.39. The molecule has 6 nitrogen and oxygen atoms in total. The van der Waals surface area contributed by atoms with Gasteiger partial charge in [-0.05, 0) is 13.0 Å². The summed E-state index contributed by atoms with van der Waals surface area (Å²) in [6, 6.07) is 3.95. The average Bonchev–Trinajstić information content (AvgIpc) is 2.26. The molecule has 1 rings (SSSR count). The number of nitrogens with one attached hydrogen (secondary N) is 1. The van der Waals surface area contributed by atoms with Gasteiger partial charge in [0.1, 0.15) is 5.56 Å². The molecule has 0 fully saturated rings. The van der Waals surface area contributed by atoms with E-state index in [0.29, 0.717) is 5.56 Å². The van der Waals surface area contributed by atoms with Crippen LogP contribution in [0.2, 0.25) is 0 Å². The second-order valence-corrected chi connectivity index (χ2v) is 3.11. The van der Waals surface area contributed by atoms with Gasteiger partial charge in [0.05, 0.1) is 12.0 Å². The Balaban J connectivity index is 3.36. The number of nitrogens with zero attached hydrogens (tertiary/aromatic N) is 1. The first-order valence-corrected chi connectivity index (χ1v) is 4.39. The maximum absolute atomic E-state index is 11.2. The largest absolute Gasteiger partial charge is 0.465 e. The number of rotatable bonds is 3. The van der Waals surface area contributed by atoms with E-state index in [9.17, 15) is 14.9 Å². The minimum absolute atomic E-state index is 0.113. The fraction of sp³-hybridized carbons (Fsp3) is 0.200. The number of methoxy groups -OCH3 is 1. The van der Waals surface area contributed by atoms with Gasteiger partial charge in [0, 0.05) is 17.3 Å². The topological polar surface area (TPSA) is 93.3 Å². The van der Waals surface area contributed by atoms with Crippen LogP contribution < -0.4 is 0 Å². The van der Waals surface area contributed by atoms with Crippen LogP contribution in [0.1, 0.15) is 22.8 Å². The minimum atomic E-state index is -0.763. The van der Waals surface area contributed by atoms with Crippen LogP contribution >= 0.6 is 0 Å². The van der Waals surface area contributed by atoms with E-state index in [1.165, 1.54) is 25.1 Å². The predicted octanol–water partition coefficient (Wildman–Crippen LogP) is 1.77. The van der Waals surface area contributed by atoms with Crippen molar-refractivity contribution in [2.45, 2.75) is 6.92 Å². The van der Waals surface area contributed by atoms with E-state index in [0.717, 1.165) is 7.11 Å². The Hall–Kier alpha value is -2.24. The van der Waals surface area contributed by atoms with Crippen LogP contribution in [-0.4, -0.2) is 23.7 Å². The van der Waals surface area contributed by atoms with Crippen LogP contribution in [0.3, 0.4) is 0 Å². The van der Waals surface area contributed by atoms with Gasteiger partial charge >= 0.3 is 5.97 Å². The standard InChI is InChI=1S/C10H10N2O4/c1-6(11)7-3-4-8(10(13)16-2)9(5-7)12(14)15/h3-5,11H,1-2H3. The first-order chi connectivity index (χ1) is 7.47. The Morgan fingerprint density at radius 1 is 1.50 bits per heavy atom. The second kappa shape index (κ2) is 4.52. The minimum Gasteiger partial charge on any atom is -0.465 e. The summed E-state index contributed by atoms with van der Waals surface area (Å²) >= 11 is 0. The van der Waals surface area contributed by atoms with Crippen LogP contribution in [0.4, 0.5) is 5.69 Å². The molecule has 0 saturated carbocycles. The van der Waals surface area contributed by atoms with Crippen LogP contribution in [0, 0.1) is 15.5 Å². The molecule has 0 amide bonds. The molecule has 84 valence electrons. The number of carbonyl (C=O) groups excluding carboxylic acids is 1. The van der Waals surface area contributed by atoms with Crippen molar-refractivity contribution >= 4 is 17.4 Å². The smallest absolute Gasteiger partial charge is 0.344 e. The summed E-state index contributed by atoms with van der Waals surface area (Å²) in [6.45, 7) is 1.51. The van der Waals surface area contributed by atoms with E-state index >= 15 is 0 Å². The van der Waals surface area contributed by atoms with E-state index in [-0.39, 0.29) is 17.0 Å². The Labute approximate surface area is 91.5 Å². The molecule has 0 spiro atoms. The molecule has 0 aliphatic carbocycles. The average molecular weight is 222 g/mol. The normalized spacial score (nSPS) is 9.62. The fourth-order valence-electron chi connectivity index (χ4n) is 1.20. The first kappa shape index (κ1) is 11.8. The van der Waals surface area contributed by atoms with Crippen LogP contribution in [0.15, 0.2) is 18.2 Å². The quantitative estimate of drug-likeness (QED) is 0.365. The molecule has 1 aromatic rings. The van der Waals surface area contributed by atoms with Crippen molar-refractivity contribution < 1.29 is 14.5 Å². The summed E-state index contributed by atoms with van der Waals surface area (Å²) in [7, 11) is 1.15. The van der Waals surface area contributed by atoms with Gasteiger partial charge in [0.25, 0.3) is 5.69 Å². The SMILES string of the molecule is COC(=O)c1ccc(C(C)=N)cc1[N+](=O)[O-]. The van der Waals surface area contributed by atoms with Crippen LogP contribution in [0.5, 0.6) is 0 Å². The molecule has 1 aromatic carbocycles. The second-order valence-electron chi connectivity index (χ2n) is 3.11. The molecular formula is C10H10N2O4. The summed E-state index contributed by atoms with van der Waals surface area (Å²) in [5, 5.41) is 18.1. The predicted molar refractivity (Wildman–Crippen MR) is 56.9 cm³/mol. The zero-order chi connectivity index (χ0) is 12.3. The summed E-state index contributed by atoms with van der Waals surface area (Å²) in [6.07, 6.45) is 0. The lowest BCUT2D eigenvalue weighted by Gasteiger charge is -2.03. The molecule has 0 aromatic heterocycles. The molecule has 0 saturated heterocycles. The third-order valence-electron chi connectivity index (χ3n) is 2.03. The number of hydrogen-bond donors (Lipinski definition) is 1. The zero-order valence-electron chi connectivity index (χ0n) is 8.81.